The van der Waals surface area contributed by atoms with Gasteiger partial charge in [0.2, 0.25) is 0 Å². The highest BCUT2D eigenvalue weighted by Gasteiger charge is 2.27. The molecule has 2 nitrogen and oxygen atoms in total. The topological polar surface area (TPSA) is 46.2 Å². The molecular weight excluding hydrogens is 174 g/mol. The number of hydrogen-bond acceptors (Lipinski definition) is 2. The van der Waals surface area contributed by atoms with Gasteiger partial charge in [-0.25, -0.2) is 0 Å². The number of aromatic hydroxyl groups is 1. The largest absolute Gasteiger partial charge is 0.508 e. The SMILES string of the molecule is CC(C)c1cc(O)cc(C2CC2)c1N. The molecule has 0 bridgehead atoms. The zero-order chi connectivity index (χ0) is 10.3. The Morgan fingerprint density at radius 2 is 2.00 bits per heavy atom. The van der Waals surface area contributed by atoms with Crippen LogP contribution in [-0.2, 0) is 0 Å². The molecule has 1 aliphatic rings. The molecule has 0 aliphatic heterocycles. The van der Waals surface area contributed by atoms with E-state index >= 15 is 0 Å². The number of phenolic OH excluding ortho intramolecular Hbond substituents is 1. The second-order valence-corrected chi connectivity index (χ2v) is 4.47. The zero-order valence-electron chi connectivity index (χ0n) is 8.75. The molecule has 0 saturated heterocycles. The lowest BCUT2D eigenvalue weighted by Gasteiger charge is -2.14. The molecule has 1 aromatic carbocycles. The molecule has 3 N–H and O–H groups in total. The minimum absolute atomic E-state index is 0.352. The molecule has 2 rings (SSSR count). The molecule has 1 fully saturated rings. The second kappa shape index (κ2) is 3.19. The molecule has 0 heterocycles. The van der Waals surface area contributed by atoms with Gasteiger partial charge in [0.1, 0.15) is 5.75 Å². The molecule has 0 unspecified atom stereocenters. The average molecular weight is 191 g/mol. The minimum Gasteiger partial charge on any atom is -0.508 e. The highest BCUT2D eigenvalue weighted by atomic mass is 16.3. The summed E-state index contributed by atoms with van der Waals surface area (Å²) in [6.07, 6.45) is 2.43. The van der Waals surface area contributed by atoms with Crippen molar-refractivity contribution in [2.75, 3.05) is 5.73 Å². The smallest absolute Gasteiger partial charge is 0.116 e. The molecule has 0 spiro atoms. The molecule has 2 heteroatoms. The van der Waals surface area contributed by atoms with Gasteiger partial charge in [-0.2, -0.15) is 0 Å². The van der Waals surface area contributed by atoms with E-state index in [4.69, 9.17) is 5.73 Å². The predicted octanol–water partition coefficient (Wildman–Crippen LogP) is 2.98. The average Bonchev–Trinajstić information content (AvgIpc) is 2.91. The first kappa shape index (κ1) is 9.38. The van der Waals surface area contributed by atoms with Crippen molar-refractivity contribution < 1.29 is 5.11 Å². The monoisotopic (exact) mass is 191 g/mol. The first-order valence-electron chi connectivity index (χ1n) is 5.22. The van der Waals surface area contributed by atoms with Crippen molar-refractivity contribution in [3.8, 4) is 5.75 Å². The van der Waals surface area contributed by atoms with E-state index in [0.717, 1.165) is 16.8 Å². The summed E-state index contributed by atoms with van der Waals surface area (Å²) in [5.41, 5.74) is 9.19. The number of hydrogen-bond donors (Lipinski definition) is 2. The lowest BCUT2D eigenvalue weighted by molar-refractivity contribution is 0.473. The van der Waals surface area contributed by atoms with E-state index in [2.05, 4.69) is 13.8 Å². The van der Waals surface area contributed by atoms with Crippen LogP contribution in [0.5, 0.6) is 5.75 Å². The maximum absolute atomic E-state index is 9.59. The van der Waals surface area contributed by atoms with Gasteiger partial charge in [-0.15, -0.1) is 0 Å². The van der Waals surface area contributed by atoms with Crippen LogP contribution in [0.4, 0.5) is 5.69 Å². The van der Waals surface area contributed by atoms with Crippen LogP contribution in [0.25, 0.3) is 0 Å². The summed E-state index contributed by atoms with van der Waals surface area (Å²) >= 11 is 0. The van der Waals surface area contributed by atoms with Crippen molar-refractivity contribution in [1.82, 2.24) is 0 Å². The van der Waals surface area contributed by atoms with Gasteiger partial charge in [-0.3, -0.25) is 0 Å². The van der Waals surface area contributed by atoms with Crippen LogP contribution in [0.15, 0.2) is 12.1 Å². The van der Waals surface area contributed by atoms with Gasteiger partial charge in [0.25, 0.3) is 0 Å². The lowest BCUT2D eigenvalue weighted by atomic mass is 9.95. The Morgan fingerprint density at radius 3 is 2.50 bits per heavy atom. The fourth-order valence-corrected chi connectivity index (χ4v) is 1.89. The predicted molar refractivity (Wildman–Crippen MR) is 58.6 cm³/mol. The Balaban J connectivity index is 2.49. The van der Waals surface area contributed by atoms with E-state index in [1.807, 2.05) is 6.07 Å². The lowest BCUT2D eigenvalue weighted by Crippen LogP contribution is -2.00. The summed E-state index contributed by atoms with van der Waals surface area (Å²) in [4.78, 5) is 0. The van der Waals surface area contributed by atoms with Gasteiger partial charge in [0.05, 0.1) is 0 Å². The summed E-state index contributed by atoms with van der Waals surface area (Å²) in [7, 11) is 0. The van der Waals surface area contributed by atoms with Gasteiger partial charge < -0.3 is 10.8 Å². The van der Waals surface area contributed by atoms with Crippen molar-refractivity contribution in [2.45, 2.75) is 38.5 Å². The van der Waals surface area contributed by atoms with E-state index in [1.165, 1.54) is 12.8 Å². The van der Waals surface area contributed by atoms with Gasteiger partial charge >= 0.3 is 0 Å². The van der Waals surface area contributed by atoms with Gasteiger partial charge in [0.15, 0.2) is 0 Å². The van der Waals surface area contributed by atoms with Crippen LogP contribution in [0, 0.1) is 0 Å². The first-order chi connectivity index (χ1) is 6.59. The van der Waals surface area contributed by atoms with Gasteiger partial charge in [-0.1, -0.05) is 13.8 Å². The molecule has 1 saturated carbocycles. The van der Waals surface area contributed by atoms with E-state index in [-0.39, 0.29) is 0 Å². The molecule has 0 amide bonds. The molecule has 0 atom stereocenters. The highest BCUT2D eigenvalue weighted by Crippen LogP contribution is 2.45. The first-order valence-corrected chi connectivity index (χ1v) is 5.22. The summed E-state index contributed by atoms with van der Waals surface area (Å²) in [5.74, 6) is 1.32. The van der Waals surface area contributed by atoms with Gasteiger partial charge in [-0.05, 0) is 47.9 Å². The zero-order valence-corrected chi connectivity index (χ0v) is 8.75. The summed E-state index contributed by atoms with van der Waals surface area (Å²) in [6, 6.07) is 3.60. The molecule has 76 valence electrons. The van der Waals surface area contributed by atoms with Crippen molar-refractivity contribution in [2.24, 2.45) is 0 Å². The minimum atomic E-state index is 0.352. The third kappa shape index (κ3) is 1.57. The van der Waals surface area contributed by atoms with E-state index in [1.54, 1.807) is 6.07 Å². The summed E-state index contributed by atoms with van der Waals surface area (Å²) in [5, 5.41) is 9.59. The van der Waals surface area contributed by atoms with Crippen molar-refractivity contribution >= 4 is 5.69 Å². The Labute approximate surface area is 84.7 Å². The van der Waals surface area contributed by atoms with Crippen LogP contribution >= 0.6 is 0 Å². The van der Waals surface area contributed by atoms with E-state index in [9.17, 15) is 5.11 Å². The maximum atomic E-state index is 9.59. The van der Waals surface area contributed by atoms with Crippen molar-refractivity contribution in [1.29, 1.82) is 0 Å². The number of phenols is 1. The van der Waals surface area contributed by atoms with Crippen LogP contribution < -0.4 is 5.73 Å². The molecule has 0 aromatic heterocycles. The maximum Gasteiger partial charge on any atom is 0.116 e. The second-order valence-electron chi connectivity index (χ2n) is 4.47. The molecule has 1 aliphatic carbocycles. The number of nitrogens with two attached hydrogens (primary N) is 1. The summed E-state index contributed by atoms with van der Waals surface area (Å²) < 4.78 is 0. The highest BCUT2D eigenvalue weighted by molar-refractivity contribution is 5.60. The van der Waals surface area contributed by atoms with Crippen LogP contribution in [-0.4, -0.2) is 5.11 Å². The van der Waals surface area contributed by atoms with E-state index < -0.39 is 0 Å². The molecule has 1 aromatic rings. The van der Waals surface area contributed by atoms with Crippen molar-refractivity contribution in [3.05, 3.63) is 23.3 Å². The third-order valence-corrected chi connectivity index (χ3v) is 2.87. The standard InChI is InChI=1S/C12H17NO/c1-7(2)10-5-9(14)6-11(12(10)13)8-3-4-8/h5-8,14H,3-4,13H2,1-2H3. The molecule has 14 heavy (non-hydrogen) atoms. The third-order valence-electron chi connectivity index (χ3n) is 2.87. The van der Waals surface area contributed by atoms with Crippen LogP contribution in [0.2, 0.25) is 0 Å². The Bertz CT molecular complexity index is 330. The van der Waals surface area contributed by atoms with Crippen LogP contribution in [0.3, 0.4) is 0 Å². The number of anilines is 1. The molecular formula is C12H17NO. The van der Waals surface area contributed by atoms with Crippen LogP contribution in [0.1, 0.15) is 49.7 Å². The summed E-state index contributed by atoms with van der Waals surface area (Å²) in [6.45, 7) is 4.20. The normalized spacial score (nSPS) is 16.2. The quantitative estimate of drug-likeness (QED) is 0.557. The number of nitrogen functional groups attached to an aromatic ring is 1. The fraction of sp³-hybridized carbons (Fsp3) is 0.500. The fourth-order valence-electron chi connectivity index (χ4n) is 1.89. The number of benzene rings is 1. The van der Waals surface area contributed by atoms with E-state index in [0.29, 0.717) is 17.6 Å². The Hall–Kier alpha value is -1.18. The Morgan fingerprint density at radius 1 is 1.36 bits per heavy atom. The van der Waals surface area contributed by atoms with Crippen molar-refractivity contribution in [3.63, 3.8) is 0 Å². The van der Waals surface area contributed by atoms with Gasteiger partial charge in [0, 0.05) is 5.69 Å². The molecule has 0 radical (unpaired) electrons. The number of rotatable bonds is 2. The Kier molecular flexibility index (Phi) is 2.14.